The molecule has 0 unspecified atom stereocenters. The van der Waals surface area contributed by atoms with Gasteiger partial charge in [-0.05, 0) is 105 Å². The quantitative estimate of drug-likeness (QED) is 0.0392. The van der Waals surface area contributed by atoms with Crippen LogP contribution >= 0.6 is 24.4 Å². The van der Waals surface area contributed by atoms with Gasteiger partial charge in [0.1, 0.15) is 11.5 Å². The van der Waals surface area contributed by atoms with Crippen LogP contribution in [0.4, 0.5) is 0 Å². The van der Waals surface area contributed by atoms with E-state index in [1.807, 2.05) is 0 Å². The average molecular weight is 1160 g/mol. The fourth-order valence-electron chi connectivity index (χ4n) is 12.0. The van der Waals surface area contributed by atoms with E-state index in [0.717, 1.165) is 59.1 Å². The van der Waals surface area contributed by atoms with E-state index in [9.17, 15) is 10.2 Å². The summed E-state index contributed by atoms with van der Waals surface area (Å²) in [4.78, 5) is 0. The Kier molecular flexibility index (Phi) is 37.2. The van der Waals surface area contributed by atoms with Gasteiger partial charge in [-0.25, -0.2) is 0 Å². The molecule has 0 atom stereocenters. The maximum Gasteiger partial charge on any atom is 0.248 e. The van der Waals surface area contributed by atoms with Gasteiger partial charge in [-0.2, -0.15) is 0 Å². The van der Waals surface area contributed by atoms with Gasteiger partial charge in [-0.1, -0.05) is 346 Å². The Bertz CT molecular complexity index is 1780. The Balaban J connectivity index is 2.27. The largest absolute Gasteiger partial charge is 0.507 e. The molecular weight excluding hydrogens is 1030 g/mol. The topological polar surface area (TPSA) is 58.9 Å². The van der Waals surface area contributed by atoms with Crippen molar-refractivity contribution in [2.24, 2.45) is 5.41 Å². The summed E-state index contributed by atoms with van der Waals surface area (Å²) in [7, 11) is 0. The van der Waals surface area contributed by atoms with E-state index in [1.54, 1.807) is 0 Å². The smallest absolute Gasteiger partial charge is 0.248 e. The second-order valence-corrected chi connectivity index (χ2v) is 30.8. The van der Waals surface area contributed by atoms with Gasteiger partial charge in [-0.3, -0.25) is 0 Å². The molecule has 468 valence electrons. The van der Waals surface area contributed by atoms with Gasteiger partial charge >= 0.3 is 0 Å². The minimum Gasteiger partial charge on any atom is -0.507 e. The minimum atomic E-state index is -0.751. The third-order valence-corrected chi connectivity index (χ3v) is 17.9. The van der Waals surface area contributed by atoms with Crippen LogP contribution in [0.15, 0.2) is 24.3 Å². The zero-order valence-electron chi connectivity index (χ0n) is 56.2. The summed E-state index contributed by atoms with van der Waals surface area (Å²) < 4.78 is 14.1. The molecule has 0 saturated carbocycles. The third kappa shape index (κ3) is 32.2. The monoisotopic (exact) mass is 1160 g/mol. The Morgan fingerprint density at radius 2 is 0.519 bits per heavy atom. The van der Waals surface area contributed by atoms with Gasteiger partial charge in [0.05, 0.1) is 0 Å². The van der Waals surface area contributed by atoms with Crippen LogP contribution in [0.25, 0.3) is 0 Å². The normalized spacial score (nSPS) is 12.7. The number of benzene rings is 2. The van der Waals surface area contributed by atoms with Crippen LogP contribution in [-0.4, -0.2) is 26.6 Å². The predicted octanol–water partition coefficient (Wildman–Crippen LogP) is 25.0. The number of phenols is 2. The van der Waals surface area contributed by atoms with Gasteiger partial charge in [0.15, 0.2) is 10.1 Å². The molecule has 0 fully saturated rings. The number of ether oxygens (including phenoxy) is 2. The second kappa shape index (κ2) is 40.2. The maximum absolute atomic E-state index is 11.9. The van der Waals surface area contributed by atoms with Gasteiger partial charge in [0.25, 0.3) is 0 Å². The highest BCUT2D eigenvalue weighted by atomic mass is 32.1. The van der Waals surface area contributed by atoms with Crippen LogP contribution in [0.1, 0.15) is 381 Å². The molecule has 0 aliphatic rings. The van der Waals surface area contributed by atoms with Crippen molar-refractivity contribution in [3.8, 4) is 11.5 Å². The van der Waals surface area contributed by atoms with Crippen LogP contribution in [0, 0.1) is 5.41 Å². The van der Waals surface area contributed by atoms with E-state index in [0.29, 0.717) is 47.3 Å². The Morgan fingerprint density at radius 3 is 0.704 bits per heavy atom. The highest BCUT2D eigenvalue weighted by Gasteiger charge is 2.41. The van der Waals surface area contributed by atoms with E-state index in [1.165, 1.54) is 205 Å². The molecule has 2 aromatic carbocycles. The lowest BCUT2D eigenvalue weighted by Crippen LogP contribution is -2.43. The van der Waals surface area contributed by atoms with Crippen molar-refractivity contribution < 1.29 is 19.7 Å². The summed E-state index contributed by atoms with van der Waals surface area (Å²) in [5.74, 6) is 0.757. The number of phenolic OH excluding ortho intramolecular Hbond substituents is 2. The van der Waals surface area contributed by atoms with Gasteiger partial charge in [0.2, 0.25) is 6.29 Å². The summed E-state index contributed by atoms with van der Waals surface area (Å²) >= 11 is 12.4. The van der Waals surface area contributed by atoms with E-state index in [-0.39, 0.29) is 21.7 Å². The van der Waals surface area contributed by atoms with Crippen molar-refractivity contribution in [3.05, 3.63) is 57.6 Å². The fraction of sp³-hybridized carbons (Fsp3) is 0.813. The summed E-state index contributed by atoms with van der Waals surface area (Å²) in [6, 6.07) is 8.85. The number of rotatable bonds is 45. The Labute approximate surface area is 514 Å². The van der Waals surface area contributed by atoms with Crippen molar-refractivity contribution in [2.75, 3.05) is 0 Å². The first-order chi connectivity index (χ1) is 38.2. The van der Waals surface area contributed by atoms with Crippen molar-refractivity contribution in [1.29, 1.82) is 0 Å². The first-order valence-corrected chi connectivity index (χ1v) is 35.2. The summed E-state index contributed by atoms with van der Waals surface area (Å²) in [5.41, 5.74) is 4.19. The molecule has 0 aromatic heterocycles. The molecule has 2 rings (SSSR count). The number of aromatic hydroxyl groups is 2. The maximum atomic E-state index is 11.9. The highest BCUT2D eigenvalue weighted by molar-refractivity contribution is 7.80. The van der Waals surface area contributed by atoms with Gasteiger partial charge in [-0.15, -0.1) is 0 Å². The first kappa shape index (κ1) is 74.9. The van der Waals surface area contributed by atoms with Crippen LogP contribution in [0.3, 0.4) is 0 Å². The molecule has 2 aromatic rings. The molecule has 4 nitrogen and oxygen atoms in total. The molecule has 0 radical (unpaired) electrons. The third-order valence-electron chi connectivity index (χ3n) is 17.3. The van der Waals surface area contributed by atoms with E-state index in [2.05, 4.69) is 128 Å². The molecule has 2 N–H and O–H groups in total. The zero-order chi connectivity index (χ0) is 60.4. The lowest BCUT2D eigenvalue weighted by atomic mass is 9.72. The van der Waals surface area contributed by atoms with Gasteiger partial charge in [0, 0.05) is 18.3 Å². The number of unbranched alkanes of at least 4 members (excludes halogenated alkanes) is 34. The molecule has 0 heterocycles. The van der Waals surface area contributed by atoms with Crippen molar-refractivity contribution in [2.45, 2.75) is 389 Å². The summed E-state index contributed by atoms with van der Waals surface area (Å²) in [6.45, 7) is 33.1. The van der Waals surface area contributed by atoms with Crippen LogP contribution in [0.5, 0.6) is 11.5 Å². The Hall–Kier alpha value is -2.18. The van der Waals surface area contributed by atoms with Crippen LogP contribution in [-0.2, 0) is 44.0 Å². The lowest BCUT2D eigenvalue weighted by Gasteiger charge is -2.39. The SMILES string of the molecule is CCCCCCCCCCCCCCCCCCCCC(=S)OC(OC(=S)CCCCCCCCCCCCCCCCCCCC)C(C)(Cc1cc(C(C)(C)C)c(O)c(C(C)(C)C)c1)Cc1cc(C(C)(C)C)c(O)c(C(C)(C)C)c1. The van der Waals surface area contributed by atoms with E-state index < -0.39 is 11.7 Å². The number of thiocarbonyl (C=S) groups is 2. The highest BCUT2D eigenvalue weighted by Crippen LogP contribution is 2.45. The predicted molar refractivity (Wildman–Crippen MR) is 364 cm³/mol. The average Bonchev–Trinajstić information content (AvgIpc) is 3.58. The molecule has 0 amide bonds. The zero-order valence-corrected chi connectivity index (χ0v) is 57.8. The van der Waals surface area contributed by atoms with Gasteiger partial charge < -0.3 is 19.7 Å². The van der Waals surface area contributed by atoms with Crippen molar-refractivity contribution in [1.82, 2.24) is 0 Å². The molecule has 0 aliphatic carbocycles. The molecule has 6 heteroatoms. The Morgan fingerprint density at radius 1 is 0.333 bits per heavy atom. The molecule has 0 bridgehead atoms. The molecule has 81 heavy (non-hydrogen) atoms. The standard InChI is InChI=1S/C75H132O4S2/c1-16-18-20-22-24-26-28-30-32-34-36-38-40-42-44-46-48-50-52-66(80)78-70(79-67(81)53-51-49-47-45-43-41-39-37-35-33-31-29-27-25-23-21-19-17-2)75(15,58-60-54-62(71(3,4)5)68(76)63(55-60)72(6,7)8)59-61-56-64(73(9,10)11)69(77)65(57-61)74(12,13)14/h54-57,70,76-77H,16-53,58-59H2,1-15H3. The summed E-state index contributed by atoms with van der Waals surface area (Å²) in [6.07, 6.45) is 50.2. The minimum absolute atomic E-state index is 0.287. The van der Waals surface area contributed by atoms with Crippen molar-refractivity contribution >= 4 is 34.5 Å². The van der Waals surface area contributed by atoms with Crippen molar-refractivity contribution in [3.63, 3.8) is 0 Å². The summed E-state index contributed by atoms with van der Waals surface area (Å²) in [5, 5.41) is 25.0. The molecule has 0 spiro atoms. The number of hydrogen-bond acceptors (Lipinski definition) is 6. The van der Waals surface area contributed by atoms with E-state index in [4.69, 9.17) is 33.9 Å². The van der Waals surface area contributed by atoms with Crippen LogP contribution < -0.4 is 0 Å². The van der Waals surface area contributed by atoms with E-state index >= 15 is 0 Å². The molecule has 0 aliphatic heterocycles. The number of hydrogen-bond donors (Lipinski definition) is 2. The fourth-order valence-corrected chi connectivity index (χ4v) is 12.5. The lowest BCUT2D eigenvalue weighted by molar-refractivity contribution is -0.105. The second-order valence-electron chi connectivity index (χ2n) is 29.9. The first-order valence-electron chi connectivity index (χ1n) is 34.4. The van der Waals surface area contributed by atoms with Crippen LogP contribution in [0.2, 0.25) is 0 Å². The molecular formula is C75H132O4S2. The molecule has 0 saturated heterocycles.